The van der Waals surface area contributed by atoms with E-state index in [1.165, 1.54) is 0 Å². The summed E-state index contributed by atoms with van der Waals surface area (Å²) >= 11 is 6.07. The van der Waals surface area contributed by atoms with Crippen LogP contribution in [0.25, 0.3) is 22.0 Å². The number of nitrogens with zero attached hydrogens (tertiary/aromatic N) is 3. The highest BCUT2D eigenvalue weighted by atomic mass is 35.5. The minimum Gasteiger partial charge on any atom is -0.384 e. The van der Waals surface area contributed by atoms with Gasteiger partial charge >= 0.3 is 0 Å². The smallest absolute Gasteiger partial charge is 0.270 e. The molecule has 0 aliphatic carbocycles. The largest absolute Gasteiger partial charge is 0.384 e. The summed E-state index contributed by atoms with van der Waals surface area (Å²) in [6.45, 7) is 1.41. The molecule has 4 heterocycles. The number of amides is 1. The molecule has 0 bridgehead atoms. The molecule has 0 unspecified atom stereocenters. The zero-order chi connectivity index (χ0) is 21.4. The molecule has 5 rings (SSSR count). The predicted molar refractivity (Wildman–Crippen MR) is 123 cm³/mol. The minimum absolute atomic E-state index is 0.0154. The van der Waals surface area contributed by atoms with Crippen molar-refractivity contribution in [3.8, 4) is 11.1 Å². The molecule has 1 aliphatic rings. The SMILES string of the molecule is Nc1ccc(-c2ccc([C@@H]3CCCN(C(=O)c4cc5ccc(Cl)cc5[nH]4)C3)nc2)cn1. The first-order chi connectivity index (χ1) is 15.1. The first-order valence-corrected chi connectivity index (χ1v) is 10.7. The molecule has 1 aliphatic heterocycles. The van der Waals surface area contributed by atoms with E-state index in [9.17, 15) is 4.79 Å². The van der Waals surface area contributed by atoms with E-state index in [0.717, 1.165) is 47.1 Å². The van der Waals surface area contributed by atoms with Crippen LogP contribution in [0.3, 0.4) is 0 Å². The number of nitrogens with one attached hydrogen (secondary N) is 1. The molecule has 6 nitrogen and oxygen atoms in total. The standard InChI is InChI=1S/C24H22ClN5O/c25-19-6-3-15-10-22(29-21(15)11-19)24(31)30-9-1-2-18(14-30)20-7-4-16(12-27-20)17-5-8-23(26)28-13-17/h3-8,10-13,18,29H,1-2,9,14H2,(H2,26,28)/t18-/m1/s1. The van der Waals surface area contributed by atoms with Gasteiger partial charge < -0.3 is 15.6 Å². The van der Waals surface area contributed by atoms with Crippen LogP contribution in [0.1, 0.15) is 34.9 Å². The number of carbonyl (C=O) groups excluding carboxylic acids is 1. The Morgan fingerprint density at radius 3 is 2.61 bits per heavy atom. The molecule has 1 fully saturated rings. The Hall–Kier alpha value is -3.38. The van der Waals surface area contributed by atoms with Crippen molar-refractivity contribution in [1.82, 2.24) is 19.9 Å². The number of aromatic nitrogens is 3. The maximum Gasteiger partial charge on any atom is 0.270 e. The van der Waals surface area contributed by atoms with Gasteiger partial charge in [0.2, 0.25) is 0 Å². The normalized spacial score (nSPS) is 16.5. The Morgan fingerprint density at radius 1 is 1.06 bits per heavy atom. The molecular weight excluding hydrogens is 410 g/mol. The fourth-order valence-corrected chi connectivity index (χ4v) is 4.35. The van der Waals surface area contributed by atoms with Crippen molar-refractivity contribution in [2.75, 3.05) is 18.8 Å². The molecule has 1 atom stereocenters. The first-order valence-electron chi connectivity index (χ1n) is 10.3. The van der Waals surface area contributed by atoms with Crippen LogP contribution < -0.4 is 5.73 Å². The second kappa shape index (κ2) is 8.04. The van der Waals surface area contributed by atoms with Gasteiger partial charge in [-0.1, -0.05) is 23.7 Å². The Kier molecular flexibility index (Phi) is 5.08. The molecule has 1 aromatic carbocycles. The monoisotopic (exact) mass is 431 g/mol. The quantitative estimate of drug-likeness (QED) is 0.484. The van der Waals surface area contributed by atoms with Gasteiger partial charge in [-0.3, -0.25) is 9.78 Å². The van der Waals surface area contributed by atoms with Crippen LogP contribution in [0.4, 0.5) is 5.82 Å². The molecule has 0 radical (unpaired) electrons. The van der Waals surface area contributed by atoms with Gasteiger partial charge in [-0.25, -0.2) is 4.98 Å². The van der Waals surface area contributed by atoms with Crippen LogP contribution in [0.5, 0.6) is 0 Å². The highest BCUT2D eigenvalue weighted by Crippen LogP contribution is 2.29. The number of pyridine rings is 2. The number of carbonyl (C=O) groups is 1. The number of fused-ring (bicyclic) bond motifs is 1. The number of nitrogens with two attached hydrogens (primary N) is 1. The lowest BCUT2D eigenvalue weighted by atomic mass is 9.93. The summed E-state index contributed by atoms with van der Waals surface area (Å²) in [7, 11) is 0. The fourth-order valence-electron chi connectivity index (χ4n) is 4.18. The van der Waals surface area contributed by atoms with E-state index in [-0.39, 0.29) is 11.8 Å². The average Bonchev–Trinajstić information content (AvgIpc) is 3.22. The summed E-state index contributed by atoms with van der Waals surface area (Å²) in [4.78, 5) is 27.1. The predicted octanol–water partition coefficient (Wildman–Crippen LogP) is 4.88. The van der Waals surface area contributed by atoms with E-state index >= 15 is 0 Å². The van der Waals surface area contributed by atoms with Gasteiger partial charge in [-0.15, -0.1) is 0 Å². The van der Waals surface area contributed by atoms with E-state index in [1.54, 1.807) is 12.3 Å². The molecule has 1 saturated heterocycles. The number of hydrogen-bond acceptors (Lipinski definition) is 4. The van der Waals surface area contributed by atoms with Crippen molar-refractivity contribution >= 4 is 34.2 Å². The second-order valence-electron chi connectivity index (χ2n) is 7.95. The number of rotatable bonds is 3. The van der Waals surface area contributed by atoms with Crippen molar-refractivity contribution in [3.63, 3.8) is 0 Å². The maximum atomic E-state index is 13.1. The summed E-state index contributed by atoms with van der Waals surface area (Å²) in [5, 5.41) is 1.63. The van der Waals surface area contributed by atoms with Gasteiger partial charge in [0.15, 0.2) is 0 Å². The molecule has 31 heavy (non-hydrogen) atoms. The van der Waals surface area contributed by atoms with Gasteiger partial charge in [0, 0.05) is 64.1 Å². The van der Waals surface area contributed by atoms with Crippen LogP contribution in [0.15, 0.2) is 60.9 Å². The van der Waals surface area contributed by atoms with Gasteiger partial charge in [-0.2, -0.15) is 0 Å². The van der Waals surface area contributed by atoms with E-state index in [0.29, 0.717) is 23.1 Å². The average molecular weight is 432 g/mol. The van der Waals surface area contributed by atoms with Gasteiger partial charge in [-0.05, 0) is 49.2 Å². The van der Waals surface area contributed by atoms with Gasteiger partial charge in [0.05, 0.1) is 0 Å². The number of hydrogen-bond donors (Lipinski definition) is 2. The van der Waals surface area contributed by atoms with Crippen molar-refractivity contribution < 1.29 is 4.79 Å². The summed E-state index contributed by atoms with van der Waals surface area (Å²) < 4.78 is 0. The molecule has 0 spiro atoms. The number of halogens is 1. The van der Waals surface area contributed by atoms with Gasteiger partial charge in [0.1, 0.15) is 11.5 Å². The summed E-state index contributed by atoms with van der Waals surface area (Å²) in [5.41, 5.74) is 10.1. The molecular formula is C24H22ClN5O. The highest BCUT2D eigenvalue weighted by Gasteiger charge is 2.27. The molecule has 1 amide bonds. The van der Waals surface area contributed by atoms with Crippen LogP contribution in [0.2, 0.25) is 5.02 Å². The highest BCUT2D eigenvalue weighted by molar-refractivity contribution is 6.31. The lowest BCUT2D eigenvalue weighted by Crippen LogP contribution is -2.39. The minimum atomic E-state index is 0.0154. The molecule has 0 saturated carbocycles. The number of benzene rings is 1. The zero-order valence-electron chi connectivity index (χ0n) is 16.9. The van der Waals surface area contributed by atoms with E-state index in [4.69, 9.17) is 22.3 Å². The van der Waals surface area contributed by atoms with Crippen LogP contribution >= 0.6 is 11.6 Å². The summed E-state index contributed by atoms with van der Waals surface area (Å²) in [5.74, 6) is 0.732. The number of nitrogen functional groups attached to an aromatic ring is 1. The van der Waals surface area contributed by atoms with Crippen LogP contribution in [0, 0.1) is 0 Å². The van der Waals surface area contributed by atoms with Crippen molar-refractivity contribution in [3.05, 3.63) is 77.3 Å². The van der Waals surface area contributed by atoms with Crippen molar-refractivity contribution in [2.24, 2.45) is 0 Å². The third-order valence-corrected chi connectivity index (χ3v) is 6.08. The lowest BCUT2D eigenvalue weighted by Gasteiger charge is -2.32. The number of piperidine rings is 1. The molecule has 156 valence electrons. The molecule has 3 aromatic heterocycles. The third kappa shape index (κ3) is 3.99. The Bertz CT molecular complexity index is 1230. The number of H-pyrrole nitrogens is 1. The number of aromatic amines is 1. The van der Waals surface area contributed by atoms with E-state index < -0.39 is 0 Å². The third-order valence-electron chi connectivity index (χ3n) is 5.85. The topological polar surface area (TPSA) is 87.9 Å². The Labute approximate surface area is 185 Å². The Morgan fingerprint density at radius 2 is 1.87 bits per heavy atom. The lowest BCUT2D eigenvalue weighted by molar-refractivity contribution is 0.0701. The van der Waals surface area contributed by atoms with E-state index in [2.05, 4.69) is 22.1 Å². The number of anilines is 1. The summed E-state index contributed by atoms with van der Waals surface area (Å²) in [6, 6.07) is 15.3. The Balaban J connectivity index is 1.32. The second-order valence-corrected chi connectivity index (χ2v) is 8.38. The van der Waals surface area contributed by atoms with Crippen molar-refractivity contribution in [2.45, 2.75) is 18.8 Å². The fraction of sp³-hybridized carbons (Fsp3) is 0.208. The van der Waals surface area contributed by atoms with Crippen LogP contribution in [-0.2, 0) is 0 Å². The van der Waals surface area contributed by atoms with Crippen LogP contribution in [-0.4, -0.2) is 38.8 Å². The van der Waals surface area contributed by atoms with E-state index in [1.807, 2.05) is 41.4 Å². The molecule has 3 N–H and O–H groups in total. The number of likely N-dealkylation sites (tertiary alicyclic amines) is 1. The first kappa shape index (κ1) is 19.6. The zero-order valence-corrected chi connectivity index (χ0v) is 17.6. The van der Waals surface area contributed by atoms with Gasteiger partial charge in [0.25, 0.3) is 5.91 Å². The summed E-state index contributed by atoms with van der Waals surface area (Å²) in [6.07, 6.45) is 5.58. The molecule has 4 aromatic rings. The molecule has 7 heteroatoms. The maximum absolute atomic E-state index is 13.1. The van der Waals surface area contributed by atoms with Crippen molar-refractivity contribution in [1.29, 1.82) is 0 Å².